The van der Waals surface area contributed by atoms with Crippen molar-refractivity contribution in [3.05, 3.63) is 34.3 Å². The van der Waals surface area contributed by atoms with Crippen LogP contribution in [0.2, 0.25) is 0 Å². The number of carboxylic acid groups (broad SMARTS) is 1. The van der Waals surface area contributed by atoms with E-state index >= 15 is 0 Å². The molecule has 0 saturated heterocycles. The summed E-state index contributed by atoms with van der Waals surface area (Å²) in [6.45, 7) is 0.317. The summed E-state index contributed by atoms with van der Waals surface area (Å²) in [7, 11) is 3.30. The highest BCUT2D eigenvalue weighted by atomic mass is 16.4. The van der Waals surface area contributed by atoms with Crippen molar-refractivity contribution in [1.29, 1.82) is 0 Å². The number of carboxylic acids is 1. The average Bonchev–Trinajstić information content (AvgIpc) is 2.61. The number of hydrogen-bond acceptors (Lipinski definition) is 4. The van der Waals surface area contributed by atoms with Gasteiger partial charge in [-0.1, -0.05) is 6.07 Å². The Bertz CT molecular complexity index is 641. The fraction of sp³-hybridized carbons (Fsp3) is 0.333. The van der Waals surface area contributed by atoms with Gasteiger partial charge in [-0.2, -0.15) is 0 Å². The molecule has 96 valence electrons. The number of nitrogens with one attached hydrogen (secondary N) is 1. The zero-order valence-electron chi connectivity index (χ0n) is 10.1. The largest absolute Gasteiger partial charge is 0.481 e. The zero-order valence-corrected chi connectivity index (χ0v) is 10.1. The quantitative estimate of drug-likeness (QED) is 0.826. The number of aliphatic carboxylic acids is 1. The number of hydrogen-bond donors (Lipinski definition) is 2. The maximum absolute atomic E-state index is 11.3. The number of oxazole rings is 1. The first kappa shape index (κ1) is 12.4. The van der Waals surface area contributed by atoms with Gasteiger partial charge in [-0.15, -0.1) is 0 Å². The van der Waals surface area contributed by atoms with Gasteiger partial charge in [-0.25, -0.2) is 4.79 Å². The summed E-state index contributed by atoms with van der Waals surface area (Å²) in [6, 6.07) is 5.00. The van der Waals surface area contributed by atoms with Gasteiger partial charge in [0.15, 0.2) is 5.58 Å². The summed E-state index contributed by atoms with van der Waals surface area (Å²) >= 11 is 0. The van der Waals surface area contributed by atoms with Crippen molar-refractivity contribution in [2.24, 2.45) is 7.05 Å². The molecule has 2 rings (SSSR count). The molecular formula is C12H14N2O4. The molecule has 2 N–H and O–H groups in total. The first-order valence-electron chi connectivity index (χ1n) is 5.51. The number of nitrogens with zero attached hydrogens (tertiary/aromatic N) is 1. The van der Waals surface area contributed by atoms with Crippen LogP contribution in [0.4, 0.5) is 0 Å². The third kappa shape index (κ3) is 2.02. The Labute approximate surface area is 103 Å². The van der Waals surface area contributed by atoms with Crippen LogP contribution in [0.1, 0.15) is 11.5 Å². The summed E-state index contributed by atoms with van der Waals surface area (Å²) in [6.07, 6.45) is 0. The van der Waals surface area contributed by atoms with Crippen LogP contribution in [0.15, 0.2) is 27.4 Å². The van der Waals surface area contributed by atoms with E-state index in [1.165, 1.54) is 4.57 Å². The SMILES string of the molecule is CNCC(C(=O)O)c1ccc2c(c1)oc(=O)n2C. The molecular weight excluding hydrogens is 236 g/mol. The van der Waals surface area contributed by atoms with Crippen molar-refractivity contribution in [2.45, 2.75) is 5.92 Å². The monoisotopic (exact) mass is 250 g/mol. The summed E-state index contributed by atoms with van der Waals surface area (Å²) in [5.74, 6) is -2.03. The van der Waals surface area contributed by atoms with Crippen molar-refractivity contribution in [3.8, 4) is 0 Å². The first-order chi connectivity index (χ1) is 8.54. The predicted octanol–water partition coefficient (Wildman–Crippen LogP) is 0.519. The fourth-order valence-electron chi connectivity index (χ4n) is 1.92. The summed E-state index contributed by atoms with van der Waals surface area (Å²) in [4.78, 5) is 22.5. The first-order valence-corrected chi connectivity index (χ1v) is 5.51. The standard InChI is InChI=1S/C12H14N2O4/c1-13-6-8(11(15)16)7-3-4-9-10(5-7)18-12(17)14(9)2/h3-5,8,13H,6H2,1-2H3,(H,15,16). The number of aryl methyl sites for hydroxylation is 1. The van der Waals surface area contributed by atoms with E-state index in [0.717, 1.165) is 0 Å². The van der Waals surface area contributed by atoms with E-state index < -0.39 is 17.6 Å². The lowest BCUT2D eigenvalue weighted by Crippen LogP contribution is -2.24. The summed E-state index contributed by atoms with van der Waals surface area (Å²) < 4.78 is 6.42. The second-order valence-corrected chi connectivity index (χ2v) is 4.10. The molecule has 1 atom stereocenters. The molecule has 1 aromatic heterocycles. The van der Waals surface area contributed by atoms with E-state index in [0.29, 0.717) is 23.2 Å². The lowest BCUT2D eigenvalue weighted by atomic mass is 9.99. The van der Waals surface area contributed by atoms with Crippen LogP contribution in [0.25, 0.3) is 11.1 Å². The molecule has 0 saturated carbocycles. The van der Waals surface area contributed by atoms with E-state index in [9.17, 15) is 9.59 Å². The molecule has 1 unspecified atom stereocenters. The molecule has 0 aliphatic heterocycles. The molecule has 2 aromatic rings. The number of fused-ring (bicyclic) bond motifs is 1. The van der Waals surface area contributed by atoms with Gasteiger partial charge >= 0.3 is 11.7 Å². The van der Waals surface area contributed by atoms with Gasteiger partial charge in [0.1, 0.15) is 0 Å². The van der Waals surface area contributed by atoms with Crippen LogP contribution >= 0.6 is 0 Å². The molecule has 6 nitrogen and oxygen atoms in total. The highest BCUT2D eigenvalue weighted by Crippen LogP contribution is 2.21. The Morgan fingerprint density at radius 2 is 2.28 bits per heavy atom. The maximum atomic E-state index is 11.3. The molecule has 0 fully saturated rings. The van der Waals surface area contributed by atoms with Crippen molar-refractivity contribution in [3.63, 3.8) is 0 Å². The van der Waals surface area contributed by atoms with E-state index in [4.69, 9.17) is 9.52 Å². The average molecular weight is 250 g/mol. The second-order valence-electron chi connectivity index (χ2n) is 4.10. The molecule has 18 heavy (non-hydrogen) atoms. The minimum atomic E-state index is -0.915. The predicted molar refractivity (Wildman–Crippen MR) is 65.8 cm³/mol. The van der Waals surface area contributed by atoms with E-state index in [-0.39, 0.29) is 0 Å². The Morgan fingerprint density at radius 1 is 1.56 bits per heavy atom. The summed E-state index contributed by atoms with van der Waals surface area (Å²) in [5.41, 5.74) is 1.67. The van der Waals surface area contributed by atoms with E-state index in [1.54, 1.807) is 32.3 Å². The van der Waals surface area contributed by atoms with Gasteiger partial charge in [0, 0.05) is 13.6 Å². The minimum absolute atomic E-state index is 0.317. The molecule has 1 aromatic carbocycles. The van der Waals surface area contributed by atoms with Crippen LogP contribution in [0, 0.1) is 0 Å². The lowest BCUT2D eigenvalue weighted by Gasteiger charge is -2.11. The van der Waals surface area contributed by atoms with Crippen molar-refractivity contribution < 1.29 is 14.3 Å². The lowest BCUT2D eigenvalue weighted by molar-refractivity contribution is -0.138. The number of likely N-dealkylation sites (N-methyl/N-ethyl adjacent to an activating group) is 1. The maximum Gasteiger partial charge on any atom is 0.419 e. The number of aromatic nitrogens is 1. The van der Waals surface area contributed by atoms with Crippen LogP contribution in [-0.2, 0) is 11.8 Å². The van der Waals surface area contributed by atoms with Gasteiger partial charge in [0.25, 0.3) is 0 Å². The van der Waals surface area contributed by atoms with Crippen molar-refractivity contribution in [1.82, 2.24) is 9.88 Å². The molecule has 0 amide bonds. The molecule has 0 aliphatic carbocycles. The van der Waals surface area contributed by atoms with Gasteiger partial charge in [-0.05, 0) is 24.7 Å². The third-order valence-corrected chi connectivity index (χ3v) is 2.93. The van der Waals surface area contributed by atoms with E-state index in [2.05, 4.69) is 5.32 Å². The van der Waals surface area contributed by atoms with Gasteiger partial charge in [0.05, 0.1) is 11.4 Å². The molecule has 0 aliphatic rings. The number of carbonyl (C=O) groups is 1. The minimum Gasteiger partial charge on any atom is -0.481 e. The molecule has 1 heterocycles. The number of benzene rings is 1. The highest BCUT2D eigenvalue weighted by molar-refractivity contribution is 5.80. The van der Waals surface area contributed by atoms with Crippen LogP contribution in [-0.4, -0.2) is 29.2 Å². The van der Waals surface area contributed by atoms with Crippen molar-refractivity contribution in [2.75, 3.05) is 13.6 Å². The Hall–Kier alpha value is -2.08. The molecule has 6 heteroatoms. The number of rotatable bonds is 4. The highest BCUT2D eigenvalue weighted by Gasteiger charge is 2.20. The Balaban J connectivity index is 2.52. The summed E-state index contributed by atoms with van der Waals surface area (Å²) in [5, 5.41) is 12.0. The topological polar surface area (TPSA) is 84.5 Å². The van der Waals surface area contributed by atoms with Crippen molar-refractivity contribution >= 4 is 17.1 Å². The smallest absolute Gasteiger partial charge is 0.419 e. The molecule has 0 bridgehead atoms. The van der Waals surface area contributed by atoms with Crippen LogP contribution < -0.4 is 11.1 Å². The van der Waals surface area contributed by atoms with Crippen LogP contribution in [0.3, 0.4) is 0 Å². The van der Waals surface area contributed by atoms with Gasteiger partial charge in [0.2, 0.25) is 0 Å². The van der Waals surface area contributed by atoms with Gasteiger partial charge < -0.3 is 14.8 Å². The zero-order chi connectivity index (χ0) is 13.3. The van der Waals surface area contributed by atoms with E-state index in [1.807, 2.05) is 0 Å². The Kier molecular flexibility index (Phi) is 3.20. The normalized spacial score (nSPS) is 12.8. The fourth-order valence-corrected chi connectivity index (χ4v) is 1.92. The molecule has 0 radical (unpaired) electrons. The molecule has 0 spiro atoms. The Morgan fingerprint density at radius 3 is 2.89 bits per heavy atom. The van der Waals surface area contributed by atoms with Gasteiger partial charge in [-0.3, -0.25) is 9.36 Å². The van der Waals surface area contributed by atoms with Crippen LogP contribution in [0.5, 0.6) is 0 Å². The third-order valence-electron chi connectivity index (χ3n) is 2.93. The second kappa shape index (κ2) is 4.66.